The molecule has 0 aliphatic heterocycles. The third kappa shape index (κ3) is 4.27. The first-order valence-electron chi connectivity index (χ1n) is 6.50. The van der Waals surface area contributed by atoms with Crippen LogP contribution in [0.5, 0.6) is 0 Å². The average molecular weight is 310 g/mol. The fourth-order valence-electron chi connectivity index (χ4n) is 1.80. The van der Waals surface area contributed by atoms with Gasteiger partial charge >= 0.3 is 5.97 Å². The number of aliphatic carboxylic acids is 1. The van der Waals surface area contributed by atoms with E-state index in [4.69, 9.17) is 21.1 Å². The van der Waals surface area contributed by atoms with Crippen LogP contribution in [0.1, 0.15) is 19.7 Å². The van der Waals surface area contributed by atoms with E-state index in [1.54, 1.807) is 29.2 Å². The number of carboxylic acids is 1. The van der Waals surface area contributed by atoms with Crippen molar-refractivity contribution in [3.05, 3.63) is 35.2 Å². The highest BCUT2D eigenvalue weighted by atomic mass is 35.5. The maximum atomic E-state index is 10.8. The molecule has 1 aromatic carbocycles. The number of benzene rings is 1. The third-order valence-corrected chi connectivity index (χ3v) is 3.22. The lowest BCUT2D eigenvalue weighted by atomic mass is 10.2. The topological polar surface area (TPSA) is 79.5 Å². The van der Waals surface area contributed by atoms with Gasteiger partial charge in [-0.25, -0.2) is 0 Å². The van der Waals surface area contributed by atoms with E-state index in [0.29, 0.717) is 23.3 Å². The minimum absolute atomic E-state index is 0.0620. The molecule has 0 fully saturated rings. The predicted octanol–water partition coefficient (Wildman–Crippen LogP) is 2.69. The molecule has 0 radical (unpaired) electrons. The molecule has 0 unspecified atom stereocenters. The molecule has 0 spiro atoms. The average Bonchev–Trinajstić information content (AvgIpc) is 2.87. The molecule has 1 heterocycles. The summed E-state index contributed by atoms with van der Waals surface area (Å²) in [4.78, 5) is 12.6. The highest BCUT2D eigenvalue weighted by molar-refractivity contribution is 6.30. The molecule has 0 aliphatic rings. The van der Waals surface area contributed by atoms with Crippen LogP contribution < -0.4 is 0 Å². The molecule has 112 valence electrons. The van der Waals surface area contributed by atoms with Crippen molar-refractivity contribution in [1.82, 2.24) is 15.1 Å². The van der Waals surface area contributed by atoms with Gasteiger partial charge in [0.05, 0.1) is 13.1 Å². The Hall–Kier alpha value is -1.92. The van der Waals surface area contributed by atoms with Crippen molar-refractivity contribution in [3.63, 3.8) is 0 Å². The second kappa shape index (κ2) is 6.69. The van der Waals surface area contributed by atoms with E-state index in [1.165, 1.54) is 0 Å². The fourth-order valence-corrected chi connectivity index (χ4v) is 1.92. The quantitative estimate of drug-likeness (QED) is 0.883. The summed E-state index contributed by atoms with van der Waals surface area (Å²) in [5.41, 5.74) is 0.771. The van der Waals surface area contributed by atoms with Crippen molar-refractivity contribution >= 4 is 17.6 Å². The van der Waals surface area contributed by atoms with Crippen LogP contribution in [0.3, 0.4) is 0 Å². The normalized spacial score (nSPS) is 11.3. The van der Waals surface area contributed by atoms with Crippen molar-refractivity contribution < 1.29 is 14.3 Å². The molecule has 0 saturated carbocycles. The van der Waals surface area contributed by atoms with E-state index < -0.39 is 5.97 Å². The van der Waals surface area contributed by atoms with Gasteiger partial charge in [0, 0.05) is 16.6 Å². The van der Waals surface area contributed by atoms with Gasteiger partial charge in [0.2, 0.25) is 11.8 Å². The Morgan fingerprint density at radius 2 is 2.00 bits per heavy atom. The van der Waals surface area contributed by atoms with Gasteiger partial charge in [0.25, 0.3) is 0 Å². The second-order valence-corrected chi connectivity index (χ2v) is 5.34. The second-order valence-electron chi connectivity index (χ2n) is 4.90. The van der Waals surface area contributed by atoms with Gasteiger partial charge in [-0.05, 0) is 38.1 Å². The van der Waals surface area contributed by atoms with Crippen LogP contribution in [0.25, 0.3) is 11.5 Å². The summed E-state index contributed by atoms with van der Waals surface area (Å²) in [5.74, 6) is -0.114. The molecule has 6 nitrogen and oxygen atoms in total. The first-order chi connectivity index (χ1) is 9.95. The summed E-state index contributed by atoms with van der Waals surface area (Å²) >= 11 is 5.83. The van der Waals surface area contributed by atoms with Gasteiger partial charge in [-0.2, -0.15) is 0 Å². The maximum absolute atomic E-state index is 10.8. The minimum Gasteiger partial charge on any atom is -0.480 e. The van der Waals surface area contributed by atoms with Gasteiger partial charge in [-0.1, -0.05) is 11.6 Å². The number of hydrogen-bond donors (Lipinski definition) is 1. The molecule has 0 aliphatic carbocycles. The van der Waals surface area contributed by atoms with Crippen molar-refractivity contribution in [2.75, 3.05) is 6.54 Å². The Bertz CT molecular complexity index is 610. The Labute approximate surface area is 127 Å². The van der Waals surface area contributed by atoms with Crippen molar-refractivity contribution in [1.29, 1.82) is 0 Å². The van der Waals surface area contributed by atoms with Gasteiger partial charge in [0.15, 0.2) is 0 Å². The zero-order valence-corrected chi connectivity index (χ0v) is 12.5. The first-order valence-corrected chi connectivity index (χ1v) is 6.87. The molecule has 7 heteroatoms. The lowest BCUT2D eigenvalue weighted by Gasteiger charge is -2.22. The number of carbonyl (C=O) groups is 1. The van der Waals surface area contributed by atoms with Gasteiger partial charge in [-0.3, -0.25) is 9.69 Å². The molecule has 1 aromatic heterocycles. The Morgan fingerprint density at radius 3 is 2.57 bits per heavy atom. The largest absolute Gasteiger partial charge is 0.480 e. The van der Waals surface area contributed by atoms with Crippen LogP contribution in [0.15, 0.2) is 28.7 Å². The zero-order chi connectivity index (χ0) is 15.4. The number of rotatable bonds is 6. The van der Waals surface area contributed by atoms with E-state index in [0.717, 1.165) is 5.56 Å². The van der Waals surface area contributed by atoms with Crippen LogP contribution in [-0.4, -0.2) is 38.8 Å². The third-order valence-electron chi connectivity index (χ3n) is 2.97. The summed E-state index contributed by atoms with van der Waals surface area (Å²) in [5, 5.41) is 17.5. The van der Waals surface area contributed by atoms with Crippen molar-refractivity contribution in [3.8, 4) is 11.5 Å². The molecular weight excluding hydrogens is 294 g/mol. The van der Waals surface area contributed by atoms with E-state index in [9.17, 15) is 4.79 Å². The van der Waals surface area contributed by atoms with Crippen LogP contribution in [0.2, 0.25) is 5.02 Å². The number of hydrogen-bond acceptors (Lipinski definition) is 5. The summed E-state index contributed by atoms with van der Waals surface area (Å²) in [6.07, 6.45) is 0. The number of carboxylic acid groups (broad SMARTS) is 1. The number of nitrogens with zero attached hydrogens (tertiary/aromatic N) is 3. The molecule has 2 aromatic rings. The molecular formula is C14H16ClN3O3. The Balaban J connectivity index is 2.11. The van der Waals surface area contributed by atoms with Crippen LogP contribution in [0, 0.1) is 0 Å². The molecule has 0 bridgehead atoms. The zero-order valence-electron chi connectivity index (χ0n) is 11.8. The lowest BCUT2D eigenvalue weighted by Crippen LogP contribution is -2.35. The molecule has 0 atom stereocenters. The summed E-state index contributed by atoms with van der Waals surface area (Å²) < 4.78 is 5.57. The molecule has 2 rings (SSSR count). The lowest BCUT2D eigenvalue weighted by molar-refractivity contribution is -0.139. The van der Waals surface area contributed by atoms with Gasteiger partial charge in [-0.15, -0.1) is 10.2 Å². The highest BCUT2D eigenvalue weighted by Gasteiger charge is 2.17. The standard InChI is InChI=1S/C14H16ClN3O3/c1-9(2)18(8-13(19)20)7-12-16-17-14(21-12)10-3-5-11(15)6-4-10/h3-6,9H,7-8H2,1-2H3,(H,19,20). The van der Waals surface area contributed by atoms with Crippen LogP contribution >= 0.6 is 11.6 Å². The van der Waals surface area contributed by atoms with Crippen molar-refractivity contribution in [2.24, 2.45) is 0 Å². The van der Waals surface area contributed by atoms with Crippen LogP contribution in [0.4, 0.5) is 0 Å². The Kier molecular flexibility index (Phi) is 4.93. The number of halogens is 1. The van der Waals surface area contributed by atoms with Crippen molar-refractivity contribution in [2.45, 2.75) is 26.4 Å². The van der Waals surface area contributed by atoms with Crippen LogP contribution in [-0.2, 0) is 11.3 Å². The minimum atomic E-state index is -0.888. The molecule has 21 heavy (non-hydrogen) atoms. The van der Waals surface area contributed by atoms with E-state index in [2.05, 4.69) is 10.2 Å². The van der Waals surface area contributed by atoms with E-state index in [1.807, 2.05) is 13.8 Å². The van der Waals surface area contributed by atoms with Gasteiger partial charge < -0.3 is 9.52 Å². The number of aromatic nitrogens is 2. The van der Waals surface area contributed by atoms with E-state index in [-0.39, 0.29) is 12.6 Å². The maximum Gasteiger partial charge on any atom is 0.317 e. The smallest absolute Gasteiger partial charge is 0.317 e. The summed E-state index contributed by atoms with van der Waals surface area (Å²) in [6, 6.07) is 7.12. The van der Waals surface area contributed by atoms with E-state index >= 15 is 0 Å². The molecule has 1 N–H and O–H groups in total. The Morgan fingerprint density at radius 1 is 1.33 bits per heavy atom. The first kappa shape index (κ1) is 15.5. The summed E-state index contributed by atoms with van der Waals surface area (Å²) in [7, 11) is 0. The fraction of sp³-hybridized carbons (Fsp3) is 0.357. The monoisotopic (exact) mass is 309 g/mol. The van der Waals surface area contributed by atoms with Gasteiger partial charge in [0.1, 0.15) is 0 Å². The molecule has 0 amide bonds. The predicted molar refractivity (Wildman–Crippen MR) is 77.9 cm³/mol. The SMILES string of the molecule is CC(C)N(CC(=O)O)Cc1nnc(-c2ccc(Cl)cc2)o1. The highest BCUT2D eigenvalue weighted by Crippen LogP contribution is 2.20. The molecule has 0 saturated heterocycles. The summed E-state index contributed by atoms with van der Waals surface area (Å²) in [6.45, 7) is 4.06.